The molecule has 0 aromatic rings. The molecule has 0 atom stereocenters. The van der Waals surface area contributed by atoms with E-state index in [1.807, 2.05) is 59.8 Å². The molecule has 23 heavy (non-hydrogen) atoms. The van der Waals surface area contributed by atoms with Crippen LogP contribution < -0.4 is 5.32 Å². The Labute approximate surface area is 144 Å². The van der Waals surface area contributed by atoms with Gasteiger partial charge in [0.25, 0.3) is 5.91 Å². The minimum absolute atomic E-state index is 0.0629. The maximum Gasteiger partial charge on any atom is 0.251 e. The average Bonchev–Trinajstić information content (AvgIpc) is 2.63. The second-order valence-corrected chi connectivity index (χ2v) is 4.86. The molecular weight excluding hydrogens is 282 g/mol. The summed E-state index contributed by atoms with van der Waals surface area (Å²) in [5.41, 5.74) is 4.64. The van der Waals surface area contributed by atoms with Crippen molar-refractivity contribution in [1.29, 1.82) is 0 Å². The summed E-state index contributed by atoms with van der Waals surface area (Å²) < 4.78 is 0. The van der Waals surface area contributed by atoms with Crippen LogP contribution in [-0.2, 0) is 4.79 Å². The van der Waals surface area contributed by atoms with Gasteiger partial charge in [0.05, 0.1) is 0 Å². The number of hydrogen-bond donors (Lipinski definition) is 1. The fraction of sp³-hybridized carbons (Fsp3) is 0.571. The normalized spacial score (nSPS) is 15.5. The monoisotopic (exact) mass is 319 g/mol. The molecule has 2 heteroatoms. The number of rotatable bonds is 2. The Morgan fingerprint density at radius 1 is 0.739 bits per heavy atom. The molecule has 2 aliphatic carbocycles. The predicted octanol–water partition coefficient (Wildman–Crippen LogP) is 6.47. The lowest BCUT2D eigenvalue weighted by Crippen LogP contribution is -2.25. The van der Waals surface area contributed by atoms with Crippen LogP contribution in [0.2, 0.25) is 0 Å². The van der Waals surface area contributed by atoms with Gasteiger partial charge >= 0.3 is 0 Å². The van der Waals surface area contributed by atoms with E-state index < -0.39 is 0 Å². The highest BCUT2D eigenvalue weighted by Gasteiger charge is 2.13. The van der Waals surface area contributed by atoms with Gasteiger partial charge in [-0.05, 0) is 45.6 Å². The lowest BCUT2D eigenvalue weighted by atomic mass is 9.98. The number of amides is 1. The van der Waals surface area contributed by atoms with E-state index in [1.165, 1.54) is 11.1 Å². The van der Waals surface area contributed by atoms with Crippen molar-refractivity contribution >= 4 is 5.91 Å². The van der Waals surface area contributed by atoms with Crippen molar-refractivity contribution in [3.05, 3.63) is 46.7 Å². The predicted molar refractivity (Wildman–Crippen MR) is 104 cm³/mol. The number of nitrogens with one attached hydrogen (secondary N) is 1. The number of hydrogen-bond acceptors (Lipinski definition) is 1. The number of carbonyl (C=O) groups is 1. The van der Waals surface area contributed by atoms with E-state index in [0.717, 1.165) is 37.0 Å². The second kappa shape index (κ2) is 15.3. The fourth-order valence-corrected chi connectivity index (χ4v) is 2.00. The molecule has 2 aliphatic rings. The first kappa shape index (κ1) is 23.7. The van der Waals surface area contributed by atoms with Gasteiger partial charge in [-0.25, -0.2) is 0 Å². The highest BCUT2D eigenvalue weighted by atomic mass is 16.1. The van der Waals surface area contributed by atoms with Crippen molar-refractivity contribution in [2.75, 3.05) is 0 Å². The summed E-state index contributed by atoms with van der Waals surface area (Å²) in [6, 6.07) is 0. The molecule has 0 bridgehead atoms. The van der Waals surface area contributed by atoms with Crippen molar-refractivity contribution in [1.82, 2.24) is 5.32 Å². The first-order chi connectivity index (χ1) is 11.1. The molecule has 0 spiro atoms. The van der Waals surface area contributed by atoms with Crippen LogP contribution in [0.15, 0.2) is 46.7 Å². The molecule has 0 radical (unpaired) electrons. The Bertz CT molecular complexity index is 450. The summed E-state index contributed by atoms with van der Waals surface area (Å²) in [5.74, 6) is 0.0629. The Kier molecular flexibility index (Phi) is 15.8. The van der Waals surface area contributed by atoms with E-state index in [0.29, 0.717) is 0 Å². The van der Waals surface area contributed by atoms with Gasteiger partial charge in [0.1, 0.15) is 0 Å². The zero-order chi connectivity index (χ0) is 18.3. The molecule has 2 nitrogen and oxygen atoms in total. The minimum Gasteiger partial charge on any atom is -0.326 e. The van der Waals surface area contributed by atoms with Crippen LogP contribution in [0.1, 0.15) is 81.1 Å². The Hall–Kier alpha value is -1.57. The van der Waals surface area contributed by atoms with Crippen LogP contribution in [0.4, 0.5) is 0 Å². The molecular formula is C21H37NO. The SMILES string of the molecule is CC.CC.CC.CC1=CC=C(NC(=O)C2=CC=C(C)CC2)CC1. The molecule has 0 heterocycles. The van der Waals surface area contributed by atoms with Crippen LogP contribution in [-0.4, -0.2) is 5.91 Å². The Balaban J connectivity index is 0. The van der Waals surface area contributed by atoms with Crippen molar-refractivity contribution < 1.29 is 4.79 Å². The number of allylic oxidation sites excluding steroid dienone is 7. The molecule has 0 aromatic carbocycles. The first-order valence-corrected chi connectivity index (χ1v) is 9.19. The molecule has 0 fully saturated rings. The van der Waals surface area contributed by atoms with E-state index in [2.05, 4.69) is 25.2 Å². The maximum absolute atomic E-state index is 12.0. The highest BCUT2D eigenvalue weighted by Crippen LogP contribution is 2.20. The minimum atomic E-state index is 0.0629. The van der Waals surface area contributed by atoms with Gasteiger partial charge in [-0.2, -0.15) is 0 Å². The topological polar surface area (TPSA) is 29.1 Å². The van der Waals surface area contributed by atoms with Gasteiger partial charge in [0.15, 0.2) is 0 Å². The van der Waals surface area contributed by atoms with Gasteiger partial charge in [-0.15, -0.1) is 0 Å². The highest BCUT2D eigenvalue weighted by molar-refractivity contribution is 5.95. The molecule has 0 saturated carbocycles. The summed E-state index contributed by atoms with van der Waals surface area (Å²) >= 11 is 0. The van der Waals surface area contributed by atoms with Gasteiger partial charge in [-0.3, -0.25) is 4.79 Å². The molecule has 132 valence electrons. The summed E-state index contributed by atoms with van der Waals surface area (Å²) in [5, 5.41) is 3.00. The van der Waals surface area contributed by atoms with Crippen molar-refractivity contribution in [2.24, 2.45) is 0 Å². The van der Waals surface area contributed by atoms with Gasteiger partial charge in [0, 0.05) is 11.3 Å². The molecule has 0 aliphatic heterocycles. The van der Waals surface area contributed by atoms with Gasteiger partial charge < -0.3 is 5.32 Å². The zero-order valence-corrected chi connectivity index (χ0v) is 16.5. The Morgan fingerprint density at radius 3 is 1.61 bits per heavy atom. The molecule has 0 unspecified atom stereocenters. The van der Waals surface area contributed by atoms with E-state index >= 15 is 0 Å². The van der Waals surface area contributed by atoms with Crippen molar-refractivity contribution in [2.45, 2.75) is 81.1 Å². The second-order valence-electron chi connectivity index (χ2n) is 4.86. The lowest BCUT2D eigenvalue weighted by Gasteiger charge is -2.16. The third kappa shape index (κ3) is 9.93. The van der Waals surface area contributed by atoms with Gasteiger partial charge in [0.2, 0.25) is 0 Å². The van der Waals surface area contributed by atoms with E-state index in [-0.39, 0.29) is 5.91 Å². The fourth-order valence-electron chi connectivity index (χ4n) is 2.00. The van der Waals surface area contributed by atoms with Gasteiger partial charge in [-0.1, -0.05) is 70.9 Å². The van der Waals surface area contributed by atoms with Crippen molar-refractivity contribution in [3.8, 4) is 0 Å². The smallest absolute Gasteiger partial charge is 0.251 e. The lowest BCUT2D eigenvalue weighted by molar-refractivity contribution is -0.117. The van der Waals surface area contributed by atoms with Crippen molar-refractivity contribution in [3.63, 3.8) is 0 Å². The summed E-state index contributed by atoms with van der Waals surface area (Å²) in [6.07, 6.45) is 11.9. The number of carbonyl (C=O) groups excluding carboxylic acids is 1. The first-order valence-electron chi connectivity index (χ1n) is 9.19. The summed E-state index contributed by atoms with van der Waals surface area (Å²) in [6.45, 7) is 16.2. The molecule has 0 saturated heterocycles. The van der Waals surface area contributed by atoms with E-state index in [9.17, 15) is 4.79 Å². The maximum atomic E-state index is 12.0. The third-order valence-corrected chi connectivity index (χ3v) is 3.28. The summed E-state index contributed by atoms with van der Waals surface area (Å²) in [4.78, 5) is 12.0. The standard InChI is InChI=1S/C15H19NO.3C2H6/c1-11-3-7-13(8-4-11)15(17)16-14-9-5-12(2)6-10-14;3*1-2/h3,5,7,9H,4,6,8,10H2,1-2H3,(H,16,17);3*1-2H3. The third-order valence-electron chi connectivity index (χ3n) is 3.28. The van der Waals surface area contributed by atoms with E-state index in [1.54, 1.807) is 0 Å². The van der Waals surface area contributed by atoms with Crippen LogP contribution in [0.25, 0.3) is 0 Å². The molecule has 0 aromatic heterocycles. The van der Waals surface area contributed by atoms with Crippen LogP contribution >= 0.6 is 0 Å². The van der Waals surface area contributed by atoms with Crippen LogP contribution in [0.3, 0.4) is 0 Å². The molecule has 2 rings (SSSR count). The quantitative estimate of drug-likeness (QED) is 0.620. The summed E-state index contributed by atoms with van der Waals surface area (Å²) in [7, 11) is 0. The van der Waals surface area contributed by atoms with Crippen LogP contribution in [0.5, 0.6) is 0 Å². The molecule has 1 N–H and O–H groups in total. The largest absolute Gasteiger partial charge is 0.326 e. The van der Waals surface area contributed by atoms with Crippen LogP contribution in [0, 0.1) is 0 Å². The molecule has 1 amide bonds. The Morgan fingerprint density at radius 2 is 1.22 bits per heavy atom. The zero-order valence-electron chi connectivity index (χ0n) is 16.5. The van der Waals surface area contributed by atoms with E-state index in [4.69, 9.17) is 0 Å². The average molecular weight is 320 g/mol.